The lowest BCUT2D eigenvalue weighted by Crippen LogP contribution is -2.28. The van der Waals surface area contributed by atoms with E-state index in [1.807, 2.05) is 0 Å². The molecule has 1 N–H and O–H groups in total. The predicted octanol–water partition coefficient (Wildman–Crippen LogP) is 3.94. The van der Waals surface area contributed by atoms with Crippen molar-refractivity contribution in [2.24, 2.45) is 0 Å². The van der Waals surface area contributed by atoms with Crippen molar-refractivity contribution >= 4 is 33.4 Å². The Hall–Kier alpha value is -1.59. The summed E-state index contributed by atoms with van der Waals surface area (Å²) in [6, 6.07) is 11.4. The summed E-state index contributed by atoms with van der Waals surface area (Å²) in [5.41, 5.74) is 0.423. The summed E-state index contributed by atoms with van der Waals surface area (Å²) < 4.78 is 19.5. The van der Waals surface area contributed by atoms with Crippen molar-refractivity contribution in [1.29, 1.82) is 0 Å². The Balaban J connectivity index is 1.85. The molecule has 0 radical (unpaired) electrons. The first-order chi connectivity index (χ1) is 10.1. The molecule has 6 heteroatoms. The fraction of sp³-hybridized carbons (Fsp3) is 0.133. The second-order valence-electron chi connectivity index (χ2n) is 4.23. The molecule has 0 saturated heterocycles. The van der Waals surface area contributed by atoms with Crippen molar-refractivity contribution in [2.75, 3.05) is 6.61 Å². The van der Waals surface area contributed by atoms with Gasteiger partial charge in [0.25, 0.3) is 5.91 Å². The molecular formula is C15H12BrClFNO2. The average Bonchev–Trinajstić information content (AvgIpc) is 2.47. The number of rotatable bonds is 5. The van der Waals surface area contributed by atoms with Crippen LogP contribution in [0, 0.1) is 5.82 Å². The lowest BCUT2D eigenvalue weighted by Gasteiger charge is -2.09. The Labute approximate surface area is 135 Å². The van der Waals surface area contributed by atoms with Crippen LogP contribution in [0.5, 0.6) is 5.75 Å². The highest BCUT2D eigenvalue weighted by Gasteiger charge is 2.07. The van der Waals surface area contributed by atoms with Crippen LogP contribution in [0.4, 0.5) is 4.39 Å². The second kappa shape index (κ2) is 7.43. The maximum Gasteiger partial charge on any atom is 0.258 e. The summed E-state index contributed by atoms with van der Waals surface area (Å²) >= 11 is 9.24. The molecule has 0 spiro atoms. The molecule has 0 aliphatic carbocycles. The SMILES string of the molecule is O=C(COc1cc(Br)ccc1Cl)NCc1ccccc1F. The number of hydrogen-bond acceptors (Lipinski definition) is 2. The minimum Gasteiger partial charge on any atom is -0.482 e. The third-order valence-electron chi connectivity index (χ3n) is 2.69. The average molecular weight is 373 g/mol. The highest BCUT2D eigenvalue weighted by atomic mass is 79.9. The van der Waals surface area contributed by atoms with E-state index in [2.05, 4.69) is 21.2 Å². The molecule has 2 aromatic rings. The van der Waals surface area contributed by atoms with Gasteiger partial charge in [-0.05, 0) is 24.3 Å². The highest BCUT2D eigenvalue weighted by molar-refractivity contribution is 9.10. The summed E-state index contributed by atoms with van der Waals surface area (Å²) in [5.74, 6) is -0.296. The number of carbonyl (C=O) groups excluding carboxylic acids is 1. The van der Waals surface area contributed by atoms with Crippen LogP contribution in [-0.4, -0.2) is 12.5 Å². The minimum atomic E-state index is -0.353. The van der Waals surface area contributed by atoms with Crippen molar-refractivity contribution in [3.05, 3.63) is 63.3 Å². The number of nitrogens with one attached hydrogen (secondary N) is 1. The maximum atomic E-state index is 13.4. The summed E-state index contributed by atoms with van der Waals surface area (Å²) in [7, 11) is 0. The van der Waals surface area contributed by atoms with E-state index in [1.54, 1.807) is 36.4 Å². The molecule has 21 heavy (non-hydrogen) atoms. The molecule has 1 amide bonds. The van der Waals surface area contributed by atoms with E-state index < -0.39 is 0 Å². The third-order valence-corrected chi connectivity index (χ3v) is 3.49. The first-order valence-electron chi connectivity index (χ1n) is 6.14. The molecule has 2 rings (SSSR count). The molecule has 0 bridgehead atoms. The van der Waals surface area contributed by atoms with Crippen molar-refractivity contribution in [3.8, 4) is 5.75 Å². The van der Waals surface area contributed by atoms with Gasteiger partial charge < -0.3 is 10.1 Å². The van der Waals surface area contributed by atoms with E-state index in [9.17, 15) is 9.18 Å². The zero-order chi connectivity index (χ0) is 15.2. The van der Waals surface area contributed by atoms with E-state index >= 15 is 0 Å². The fourth-order valence-corrected chi connectivity index (χ4v) is 2.13. The number of carbonyl (C=O) groups is 1. The Morgan fingerprint density at radius 3 is 2.81 bits per heavy atom. The van der Waals surface area contributed by atoms with Crippen LogP contribution in [0.25, 0.3) is 0 Å². The second-order valence-corrected chi connectivity index (χ2v) is 5.55. The smallest absolute Gasteiger partial charge is 0.258 e. The van der Waals surface area contributed by atoms with Crippen molar-refractivity contribution in [2.45, 2.75) is 6.54 Å². The number of ether oxygens (including phenoxy) is 1. The van der Waals surface area contributed by atoms with E-state index in [0.29, 0.717) is 16.3 Å². The molecule has 0 aromatic heterocycles. The molecule has 0 aliphatic heterocycles. The van der Waals surface area contributed by atoms with E-state index in [1.165, 1.54) is 6.07 Å². The van der Waals surface area contributed by atoms with Crippen LogP contribution in [0.15, 0.2) is 46.9 Å². The predicted molar refractivity (Wildman–Crippen MR) is 82.9 cm³/mol. The number of halogens is 3. The van der Waals surface area contributed by atoms with Gasteiger partial charge >= 0.3 is 0 Å². The van der Waals surface area contributed by atoms with Crippen LogP contribution in [0.2, 0.25) is 5.02 Å². The molecule has 3 nitrogen and oxygen atoms in total. The van der Waals surface area contributed by atoms with Gasteiger partial charge in [0, 0.05) is 16.6 Å². The van der Waals surface area contributed by atoms with Gasteiger partial charge in [-0.2, -0.15) is 0 Å². The van der Waals surface area contributed by atoms with Crippen LogP contribution in [-0.2, 0) is 11.3 Å². The normalized spacial score (nSPS) is 10.2. The monoisotopic (exact) mass is 371 g/mol. The molecule has 0 aliphatic rings. The van der Waals surface area contributed by atoms with E-state index in [-0.39, 0.29) is 24.9 Å². The Morgan fingerprint density at radius 1 is 1.29 bits per heavy atom. The van der Waals surface area contributed by atoms with Crippen molar-refractivity contribution in [3.63, 3.8) is 0 Å². The molecular weight excluding hydrogens is 361 g/mol. The van der Waals surface area contributed by atoms with Gasteiger partial charge in [-0.3, -0.25) is 4.79 Å². The van der Waals surface area contributed by atoms with Gasteiger partial charge in [0.2, 0.25) is 0 Å². The van der Waals surface area contributed by atoms with Crippen LogP contribution in [0.1, 0.15) is 5.56 Å². The lowest BCUT2D eigenvalue weighted by atomic mass is 10.2. The zero-order valence-corrected chi connectivity index (χ0v) is 13.2. The summed E-state index contributed by atoms with van der Waals surface area (Å²) in [6.45, 7) is -0.0777. The molecule has 2 aromatic carbocycles. The van der Waals surface area contributed by atoms with Crippen LogP contribution in [0.3, 0.4) is 0 Å². The van der Waals surface area contributed by atoms with Gasteiger partial charge in [-0.15, -0.1) is 0 Å². The summed E-state index contributed by atoms with van der Waals surface area (Å²) in [4.78, 5) is 11.7. The topological polar surface area (TPSA) is 38.3 Å². The standard InChI is InChI=1S/C15H12BrClFNO2/c16-11-5-6-12(17)14(7-11)21-9-15(20)19-8-10-3-1-2-4-13(10)18/h1-7H,8-9H2,(H,19,20). The quantitative estimate of drug-likeness (QED) is 0.863. The first kappa shape index (κ1) is 15.8. The molecule has 0 saturated carbocycles. The molecule has 0 unspecified atom stereocenters. The van der Waals surface area contributed by atoms with Crippen molar-refractivity contribution in [1.82, 2.24) is 5.32 Å². The fourth-order valence-electron chi connectivity index (χ4n) is 1.62. The summed E-state index contributed by atoms with van der Waals surface area (Å²) in [6.07, 6.45) is 0. The van der Waals surface area contributed by atoms with Gasteiger partial charge in [0.05, 0.1) is 5.02 Å². The van der Waals surface area contributed by atoms with E-state index in [4.69, 9.17) is 16.3 Å². The molecule has 0 atom stereocenters. The van der Waals surface area contributed by atoms with E-state index in [0.717, 1.165) is 4.47 Å². The third kappa shape index (κ3) is 4.72. The Morgan fingerprint density at radius 2 is 2.05 bits per heavy atom. The molecule has 0 fully saturated rings. The lowest BCUT2D eigenvalue weighted by molar-refractivity contribution is -0.123. The number of hydrogen-bond donors (Lipinski definition) is 1. The van der Waals surface area contributed by atoms with Gasteiger partial charge in [0.1, 0.15) is 11.6 Å². The first-order valence-corrected chi connectivity index (χ1v) is 7.31. The molecule has 0 heterocycles. The number of amides is 1. The van der Waals surface area contributed by atoms with Gasteiger partial charge in [-0.25, -0.2) is 4.39 Å². The summed E-state index contributed by atoms with van der Waals surface area (Å²) in [5, 5.41) is 3.00. The zero-order valence-electron chi connectivity index (χ0n) is 10.9. The maximum absolute atomic E-state index is 13.4. The van der Waals surface area contributed by atoms with Gasteiger partial charge in [0.15, 0.2) is 6.61 Å². The Bertz CT molecular complexity index is 651. The highest BCUT2D eigenvalue weighted by Crippen LogP contribution is 2.27. The number of benzene rings is 2. The largest absolute Gasteiger partial charge is 0.482 e. The van der Waals surface area contributed by atoms with Crippen molar-refractivity contribution < 1.29 is 13.9 Å². The minimum absolute atomic E-state index is 0.112. The molecule has 110 valence electrons. The van der Waals surface area contributed by atoms with Crippen LogP contribution >= 0.6 is 27.5 Å². The Kier molecular flexibility index (Phi) is 5.59. The van der Waals surface area contributed by atoms with Crippen LogP contribution < -0.4 is 10.1 Å². The van der Waals surface area contributed by atoms with Gasteiger partial charge in [-0.1, -0.05) is 45.7 Å².